The summed E-state index contributed by atoms with van der Waals surface area (Å²) in [5.74, 6) is 2.03. The van der Waals surface area contributed by atoms with Crippen LogP contribution < -0.4 is 0 Å². The van der Waals surface area contributed by atoms with E-state index in [0.717, 1.165) is 24.5 Å². The number of allylic oxidation sites excluding steroid dienone is 3. The summed E-state index contributed by atoms with van der Waals surface area (Å²) in [4.78, 5) is 0. The fraction of sp³-hybridized carbons (Fsp3) is 0.800. The molecule has 0 spiro atoms. The summed E-state index contributed by atoms with van der Waals surface area (Å²) in [6.07, 6.45) is 25.3. The Morgan fingerprint density at radius 2 is 1.52 bits per heavy atom. The molecule has 0 aliphatic heterocycles. The van der Waals surface area contributed by atoms with Gasteiger partial charge in [0, 0.05) is 0 Å². The minimum absolute atomic E-state index is 1.00. The summed E-state index contributed by atoms with van der Waals surface area (Å²) in [5.41, 5.74) is 0. The molecule has 1 rings (SSSR count). The van der Waals surface area contributed by atoms with E-state index in [-0.39, 0.29) is 0 Å². The van der Waals surface area contributed by atoms with Crippen molar-refractivity contribution in [1.82, 2.24) is 0 Å². The third kappa shape index (κ3) is 9.01. The van der Waals surface area contributed by atoms with Gasteiger partial charge in [0.15, 0.2) is 0 Å². The summed E-state index contributed by atoms with van der Waals surface area (Å²) < 4.78 is 0. The lowest BCUT2D eigenvalue weighted by molar-refractivity contribution is 0.327. The molecule has 0 aromatic heterocycles. The molecule has 2 atom stereocenters. The Morgan fingerprint density at radius 1 is 0.857 bits per heavy atom. The standard InChI is InChI=1S/C20H36O/c1-2-3-4-5-7-10-14-19-16-13-17-20(19)15-11-8-6-9-12-18-21/h6,9,12,18-21H,2-5,7-8,10-11,13-17H2,1H3/t19-,20-/m0/s1. The molecule has 1 saturated carbocycles. The van der Waals surface area contributed by atoms with Crippen molar-refractivity contribution in [3.63, 3.8) is 0 Å². The SMILES string of the molecule is CCCCCCCC[C@H]1CCC[C@@H]1CCCC=CC=CO. The fourth-order valence-corrected chi connectivity index (χ4v) is 3.78. The molecule has 1 N–H and O–H groups in total. The van der Waals surface area contributed by atoms with Crippen molar-refractivity contribution in [2.45, 2.75) is 90.4 Å². The molecule has 0 heterocycles. The first-order valence-corrected chi connectivity index (χ1v) is 9.34. The highest BCUT2D eigenvalue weighted by Crippen LogP contribution is 2.38. The van der Waals surface area contributed by atoms with E-state index in [1.807, 2.05) is 6.08 Å². The van der Waals surface area contributed by atoms with E-state index in [1.165, 1.54) is 77.0 Å². The number of aliphatic hydroxyl groups excluding tert-OH is 1. The van der Waals surface area contributed by atoms with E-state index in [4.69, 9.17) is 5.11 Å². The molecule has 0 aromatic carbocycles. The van der Waals surface area contributed by atoms with E-state index < -0.39 is 0 Å². The maximum atomic E-state index is 8.55. The van der Waals surface area contributed by atoms with Gasteiger partial charge in [0.2, 0.25) is 0 Å². The summed E-state index contributed by atoms with van der Waals surface area (Å²) >= 11 is 0. The molecule has 0 aromatic rings. The van der Waals surface area contributed by atoms with Crippen LogP contribution in [0.25, 0.3) is 0 Å². The van der Waals surface area contributed by atoms with Gasteiger partial charge in [-0.1, -0.05) is 83.3 Å². The largest absolute Gasteiger partial charge is 0.516 e. The van der Waals surface area contributed by atoms with Crippen LogP contribution in [0.2, 0.25) is 0 Å². The third-order valence-corrected chi connectivity index (χ3v) is 5.02. The highest BCUT2D eigenvalue weighted by molar-refractivity contribution is 4.98. The van der Waals surface area contributed by atoms with Crippen molar-refractivity contribution >= 4 is 0 Å². The van der Waals surface area contributed by atoms with Gasteiger partial charge in [-0.3, -0.25) is 0 Å². The highest BCUT2D eigenvalue weighted by atomic mass is 16.2. The smallest absolute Gasteiger partial charge is 0.0791 e. The van der Waals surface area contributed by atoms with Gasteiger partial charge in [-0.25, -0.2) is 0 Å². The van der Waals surface area contributed by atoms with Crippen molar-refractivity contribution in [3.05, 3.63) is 24.5 Å². The number of aliphatic hydroxyl groups is 1. The molecule has 21 heavy (non-hydrogen) atoms. The first-order chi connectivity index (χ1) is 10.4. The number of hydrogen-bond donors (Lipinski definition) is 1. The monoisotopic (exact) mass is 292 g/mol. The van der Waals surface area contributed by atoms with Crippen LogP contribution in [0.5, 0.6) is 0 Å². The van der Waals surface area contributed by atoms with Gasteiger partial charge in [0.1, 0.15) is 0 Å². The van der Waals surface area contributed by atoms with E-state index >= 15 is 0 Å². The van der Waals surface area contributed by atoms with Gasteiger partial charge in [0.25, 0.3) is 0 Å². The summed E-state index contributed by atoms with van der Waals surface area (Å²) in [6.45, 7) is 2.29. The van der Waals surface area contributed by atoms with E-state index in [2.05, 4.69) is 13.0 Å². The van der Waals surface area contributed by atoms with Crippen molar-refractivity contribution < 1.29 is 5.11 Å². The highest BCUT2D eigenvalue weighted by Gasteiger charge is 2.25. The van der Waals surface area contributed by atoms with Gasteiger partial charge >= 0.3 is 0 Å². The van der Waals surface area contributed by atoms with Gasteiger partial charge in [0.05, 0.1) is 6.26 Å². The van der Waals surface area contributed by atoms with Gasteiger partial charge in [-0.15, -0.1) is 0 Å². The molecule has 1 nitrogen and oxygen atoms in total. The minimum atomic E-state index is 1.00. The second-order valence-corrected chi connectivity index (χ2v) is 6.71. The Labute approximate surface area is 132 Å². The van der Waals surface area contributed by atoms with Crippen molar-refractivity contribution in [1.29, 1.82) is 0 Å². The average molecular weight is 293 g/mol. The lowest BCUT2D eigenvalue weighted by Gasteiger charge is -2.19. The average Bonchev–Trinajstić information content (AvgIpc) is 2.94. The molecule has 0 amide bonds. The topological polar surface area (TPSA) is 20.2 Å². The van der Waals surface area contributed by atoms with Crippen LogP contribution in [0.1, 0.15) is 90.4 Å². The van der Waals surface area contributed by atoms with Crippen LogP contribution in [0.15, 0.2) is 24.5 Å². The summed E-state index contributed by atoms with van der Waals surface area (Å²) in [5, 5.41) is 8.55. The van der Waals surface area contributed by atoms with Gasteiger partial charge in [-0.2, -0.15) is 0 Å². The number of unbranched alkanes of at least 4 members (excludes halogenated alkanes) is 6. The molecular weight excluding hydrogens is 256 g/mol. The molecule has 0 unspecified atom stereocenters. The first kappa shape index (κ1) is 18.3. The Hall–Kier alpha value is -0.720. The van der Waals surface area contributed by atoms with Crippen molar-refractivity contribution in [2.75, 3.05) is 0 Å². The predicted octanol–water partition coefficient (Wildman–Crippen LogP) is 6.95. The molecule has 122 valence electrons. The third-order valence-electron chi connectivity index (χ3n) is 5.02. The van der Waals surface area contributed by atoms with Gasteiger partial charge in [-0.05, 0) is 37.2 Å². The molecule has 1 fully saturated rings. The van der Waals surface area contributed by atoms with Crippen LogP contribution in [-0.2, 0) is 0 Å². The normalized spacial score (nSPS) is 22.7. The lowest BCUT2D eigenvalue weighted by atomic mass is 9.87. The Morgan fingerprint density at radius 3 is 2.24 bits per heavy atom. The second-order valence-electron chi connectivity index (χ2n) is 6.71. The zero-order chi connectivity index (χ0) is 15.2. The van der Waals surface area contributed by atoms with Crippen LogP contribution in [0.3, 0.4) is 0 Å². The minimum Gasteiger partial charge on any atom is -0.516 e. The van der Waals surface area contributed by atoms with E-state index in [0.29, 0.717) is 0 Å². The molecule has 1 heteroatoms. The fourth-order valence-electron chi connectivity index (χ4n) is 3.78. The van der Waals surface area contributed by atoms with Crippen molar-refractivity contribution in [3.8, 4) is 0 Å². The van der Waals surface area contributed by atoms with Crippen molar-refractivity contribution in [2.24, 2.45) is 11.8 Å². The number of hydrogen-bond acceptors (Lipinski definition) is 1. The van der Waals surface area contributed by atoms with Crippen LogP contribution in [0.4, 0.5) is 0 Å². The molecule has 1 aliphatic carbocycles. The maximum Gasteiger partial charge on any atom is 0.0791 e. The van der Waals surface area contributed by atoms with E-state index in [1.54, 1.807) is 6.08 Å². The van der Waals surface area contributed by atoms with Crippen LogP contribution in [0, 0.1) is 11.8 Å². The summed E-state index contributed by atoms with van der Waals surface area (Å²) in [6, 6.07) is 0. The quantitative estimate of drug-likeness (QED) is 0.234. The summed E-state index contributed by atoms with van der Waals surface area (Å²) in [7, 11) is 0. The molecule has 0 radical (unpaired) electrons. The zero-order valence-electron chi connectivity index (χ0n) is 14.1. The van der Waals surface area contributed by atoms with Crippen LogP contribution in [-0.4, -0.2) is 5.11 Å². The zero-order valence-corrected chi connectivity index (χ0v) is 14.1. The number of rotatable bonds is 12. The Balaban J connectivity index is 2.05. The maximum absolute atomic E-state index is 8.55. The van der Waals surface area contributed by atoms with Crippen LogP contribution >= 0.6 is 0 Å². The molecule has 1 aliphatic rings. The second kappa shape index (κ2) is 13.0. The molecule has 0 bridgehead atoms. The molecular formula is C20H36O. The van der Waals surface area contributed by atoms with Gasteiger partial charge < -0.3 is 5.11 Å². The van der Waals surface area contributed by atoms with E-state index in [9.17, 15) is 0 Å². The lowest BCUT2D eigenvalue weighted by Crippen LogP contribution is -2.07. The predicted molar refractivity (Wildman–Crippen MR) is 93.6 cm³/mol. The molecule has 0 saturated heterocycles. The first-order valence-electron chi connectivity index (χ1n) is 9.34. The Kier molecular flexibility index (Phi) is 11.3. The Bertz CT molecular complexity index is 280.